The Morgan fingerprint density at radius 3 is 2.71 bits per heavy atom. The summed E-state index contributed by atoms with van der Waals surface area (Å²) in [5.41, 5.74) is 1.31. The number of benzene rings is 1. The normalized spacial score (nSPS) is 19.4. The number of halogens is 2. The lowest BCUT2D eigenvalue weighted by atomic mass is 10.1. The van der Waals surface area contributed by atoms with Crippen molar-refractivity contribution < 1.29 is 0 Å². The molecule has 1 unspecified atom stereocenters. The first-order valence-corrected chi connectivity index (χ1v) is 7.73. The van der Waals surface area contributed by atoms with Crippen molar-refractivity contribution in [1.82, 2.24) is 5.32 Å². The number of nitrogens with one attached hydrogen (secondary N) is 1. The van der Waals surface area contributed by atoms with Crippen molar-refractivity contribution in [2.24, 2.45) is 0 Å². The molecule has 1 aromatic rings. The van der Waals surface area contributed by atoms with Gasteiger partial charge < -0.3 is 5.32 Å². The van der Waals surface area contributed by atoms with E-state index in [-0.39, 0.29) is 5.54 Å². The fourth-order valence-electron chi connectivity index (χ4n) is 1.86. The molecule has 0 bridgehead atoms. The molecule has 17 heavy (non-hydrogen) atoms. The number of thioether (sulfide) groups is 1. The molecule has 0 saturated carbocycles. The van der Waals surface area contributed by atoms with E-state index in [0.717, 1.165) is 13.0 Å². The fraction of sp³-hybridized carbons (Fsp3) is 0.538. The van der Waals surface area contributed by atoms with Gasteiger partial charge in [0, 0.05) is 34.0 Å². The summed E-state index contributed by atoms with van der Waals surface area (Å²) in [5, 5.41) is 4.08. The van der Waals surface area contributed by atoms with Gasteiger partial charge in [-0.3, -0.25) is 0 Å². The first kappa shape index (κ1) is 13.5. The number of alkyl halides is 2. The third kappa shape index (κ3) is 3.31. The van der Waals surface area contributed by atoms with Gasteiger partial charge in [-0.25, -0.2) is 0 Å². The summed E-state index contributed by atoms with van der Waals surface area (Å²) in [6.45, 7) is 3.02. The second kappa shape index (κ2) is 5.83. The second-order valence-electron chi connectivity index (χ2n) is 4.76. The first-order valence-electron chi connectivity index (χ1n) is 5.78. The Morgan fingerprint density at radius 2 is 2.06 bits per heavy atom. The highest BCUT2D eigenvalue weighted by atomic mass is 35.5. The van der Waals surface area contributed by atoms with Crippen LogP contribution in [0.3, 0.4) is 0 Å². The highest BCUT2D eigenvalue weighted by molar-refractivity contribution is 8.00. The van der Waals surface area contributed by atoms with Gasteiger partial charge in [0.1, 0.15) is 0 Å². The summed E-state index contributed by atoms with van der Waals surface area (Å²) in [6.07, 6.45) is 1.13. The summed E-state index contributed by atoms with van der Waals surface area (Å²) in [4.78, 5) is 1.41. The van der Waals surface area contributed by atoms with Crippen LogP contribution in [0.15, 0.2) is 29.2 Å². The molecule has 0 fully saturated rings. The number of hydrogen-bond acceptors (Lipinski definition) is 2. The summed E-state index contributed by atoms with van der Waals surface area (Å²) < 4.78 is 0. The topological polar surface area (TPSA) is 12.0 Å². The van der Waals surface area contributed by atoms with Crippen LogP contribution < -0.4 is 5.32 Å². The van der Waals surface area contributed by atoms with Crippen molar-refractivity contribution in [2.45, 2.75) is 29.0 Å². The number of fused-ring (bicyclic) bond motifs is 1. The summed E-state index contributed by atoms with van der Waals surface area (Å²) >= 11 is 13.8. The van der Waals surface area contributed by atoms with E-state index in [2.05, 4.69) is 36.5 Å². The van der Waals surface area contributed by atoms with Crippen molar-refractivity contribution in [1.29, 1.82) is 0 Å². The lowest BCUT2D eigenvalue weighted by Gasteiger charge is -2.27. The zero-order chi connectivity index (χ0) is 12.3. The second-order valence-corrected chi connectivity index (χ2v) is 6.64. The minimum Gasteiger partial charge on any atom is -0.308 e. The van der Waals surface area contributed by atoms with Crippen LogP contribution >= 0.6 is 35.0 Å². The van der Waals surface area contributed by atoms with E-state index < -0.39 is 0 Å². The van der Waals surface area contributed by atoms with E-state index in [1.165, 1.54) is 10.5 Å². The smallest absolute Gasteiger partial charge is 0.0425 e. The average Bonchev–Trinajstić information content (AvgIpc) is 2.79. The molecule has 0 aliphatic carbocycles. The Morgan fingerprint density at radius 1 is 1.35 bits per heavy atom. The predicted octanol–water partition coefficient (Wildman–Crippen LogP) is 3.53. The van der Waals surface area contributed by atoms with Crippen molar-refractivity contribution in [3.05, 3.63) is 29.8 Å². The molecule has 1 nitrogen and oxygen atoms in total. The van der Waals surface area contributed by atoms with Crippen LogP contribution in [0.5, 0.6) is 0 Å². The van der Waals surface area contributed by atoms with Gasteiger partial charge in [0.05, 0.1) is 0 Å². The van der Waals surface area contributed by atoms with Crippen molar-refractivity contribution in [3.63, 3.8) is 0 Å². The molecule has 0 amide bonds. The molecule has 0 aromatic heterocycles. The van der Waals surface area contributed by atoms with Gasteiger partial charge in [0.2, 0.25) is 0 Å². The van der Waals surface area contributed by atoms with E-state index in [9.17, 15) is 0 Å². The molecule has 1 aliphatic heterocycles. The monoisotopic (exact) mass is 289 g/mol. The van der Waals surface area contributed by atoms with Crippen molar-refractivity contribution in [2.75, 3.05) is 18.3 Å². The summed E-state index contributed by atoms with van der Waals surface area (Å²) in [5.74, 6) is 1.08. The van der Waals surface area contributed by atoms with Gasteiger partial charge in [-0.2, -0.15) is 0 Å². The van der Waals surface area contributed by atoms with Gasteiger partial charge in [-0.1, -0.05) is 18.2 Å². The van der Waals surface area contributed by atoms with Crippen LogP contribution in [0, 0.1) is 0 Å². The van der Waals surface area contributed by atoms with Crippen molar-refractivity contribution >= 4 is 35.0 Å². The quantitative estimate of drug-likeness (QED) is 0.833. The van der Waals surface area contributed by atoms with Crippen LogP contribution in [0.25, 0.3) is 0 Å². The Hall–Kier alpha value is 0.110. The molecular weight excluding hydrogens is 273 g/mol. The number of rotatable bonds is 5. The molecule has 0 saturated heterocycles. The van der Waals surface area contributed by atoms with E-state index in [1.54, 1.807) is 0 Å². The van der Waals surface area contributed by atoms with E-state index in [0.29, 0.717) is 17.0 Å². The zero-order valence-corrected chi connectivity index (χ0v) is 12.2. The lowest BCUT2D eigenvalue weighted by molar-refractivity contribution is 0.436. The molecule has 1 N–H and O–H groups in total. The van der Waals surface area contributed by atoms with Crippen molar-refractivity contribution in [3.8, 4) is 0 Å². The maximum atomic E-state index is 5.93. The molecule has 1 aromatic carbocycles. The third-order valence-corrected chi connectivity index (χ3v) is 5.56. The molecule has 1 atom stereocenters. The Balaban J connectivity index is 1.88. The molecule has 0 spiro atoms. The standard InChI is InChI=1S/C13H17Cl2NS/c1-13(8-14,9-15)16-7-11-6-10-4-2-3-5-12(10)17-11/h2-5,11,16H,6-9H2,1H3. The molecule has 1 heterocycles. The highest BCUT2D eigenvalue weighted by Crippen LogP contribution is 2.36. The van der Waals surface area contributed by atoms with Gasteiger partial charge in [0.25, 0.3) is 0 Å². The average molecular weight is 290 g/mol. The fourth-order valence-corrected chi connectivity index (χ4v) is 3.58. The van der Waals surface area contributed by atoms with E-state index in [1.807, 2.05) is 11.8 Å². The molecule has 0 radical (unpaired) electrons. The third-order valence-electron chi connectivity index (χ3n) is 3.06. The largest absolute Gasteiger partial charge is 0.308 e. The van der Waals surface area contributed by atoms with Gasteiger partial charge in [0.15, 0.2) is 0 Å². The Labute approximate surface area is 117 Å². The minimum absolute atomic E-state index is 0.154. The zero-order valence-electron chi connectivity index (χ0n) is 9.88. The molecule has 1 aliphatic rings. The van der Waals surface area contributed by atoms with E-state index in [4.69, 9.17) is 23.2 Å². The SMILES string of the molecule is CC(CCl)(CCl)NCC1Cc2ccccc2S1. The molecule has 2 rings (SSSR count). The van der Waals surface area contributed by atoms with Crippen LogP contribution in [0.4, 0.5) is 0 Å². The van der Waals surface area contributed by atoms with Crippen LogP contribution in [0.2, 0.25) is 0 Å². The maximum absolute atomic E-state index is 5.93. The Bertz CT molecular complexity index is 354. The highest BCUT2D eigenvalue weighted by Gasteiger charge is 2.26. The molecular formula is C13H17Cl2NS. The first-order chi connectivity index (χ1) is 8.17. The van der Waals surface area contributed by atoms with Gasteiger partial charge >= 0.3 is 0 Å². The maximum Gasteiger partial charge on any atom is 0.0425 e. The Kier molecular flexibility index (Phi) is 4.65. The van der Waals surface area contributed by atoms with Crippen LogP contribution in [-0.2, 0) is 6.42 Å². The predicted molar refractivity (Wildman–Crippen MR) is 77.6 cm³/mol. The molecule has 94 valence electrons. The minimum atomic E-state index is -0.154. The van der Waals surface area contributed by atoms with Gasteiger partial charge in [-0.05, 0) is 25.0 Å². The van der Waals surface area contributed by atoms with Gasteiger partial charge in [-0.15, -0.1) is 35.0 Å². The van der Waals surface area contributed by atoms with Crippen LogP contribution in [-0.4, -0.2) is 29.1 Å². The number of hydrogen-bond donors (Lipinski definition) is 1. The van der Waals surface area contributed by atoms with E-state index >= 15 is 0 Å². The summed E-state index contributed by atoms with van der Waals surface area (Å²) in [6, 6.07) is 8.62. The molecule has 4 heteroatoms. The van der Waals surface area contributed by atoms with Crippen LogP contribution in [0.1, 0.15) is 12.5 Å². The summed E-state index contributed by atoms with van der Waals surface area (Å²) in [7, 11) is 0. The lowest BCUT2D eigenvalue weighted by Crippen LogP contribution is -2.48.